The zero-order valence-electron chi connectivity index (χ0n) is 16.9. The van der Waals surface area contributed by atoms with Crippen LogP contribution in [0.2, 0.25) is 0 Å². The molecule has 0 bridgehead atoms. The fraction of sp³-hybridized carbons (Fsp3) is 0.789. The van der Waals surface area contributed by atoms with Crippen molar-refractivity contribution in [2.75, 3.05) is 32.7 Å². The summed E-state index contributed by atoms with van der Waals surface area (Å²) in [6.45, 7) is 16.0. The Morgan fingerprint density at radius 1 is 1.36 bits per heavy atom. The van der Waals surface area contributed by atoms with Gasteiger partial charge in [0.15, 0.2) is 5.96 Å². The second kappa shape index (κ2) is 9.22. The van der Waals surface area contributed by atoms with Gasteiger partial charge in [-0.3, -0.25) is 14.6 Å². The van der Waals surface area contributed by atoms with Crippen LogP contribution in [0.1, 0.15) is 52.5 Å². The van der Waals surface area contributed by atoms with E-state index in [1.165, 1.54) is 12.0 Å². The maximum absolute atomic E-state index is 4.90. The van der Waals surface area contributed by atoms with Crippen LogP contribution in [-0.2, 0) is 7.05 Å². The first kappa shape index (κ1) is 19.8. The number of aliphatic imine (C=N–C) groups is 1. The Morgan fingerprint density at radius 2 is 2.08 bits per heavy atom. The van der Waals surface area contributed by atoms with E-state index in [2.05, 4.69) is 61.0 Å². The van der Waals surface area contributed by atoms with Crippen LogP contribution < -0.4 is 5.32 Å². The lowest BCUT2D eigenvalue weighted by atomic mass is 10.0. The van der Waals surface area contributed by atoms with Crippen LogP contribution in [0.15, 0.2) is 17.4 Å². The van der Waals surface area contributed by atoms with Crippen molar-refractivity contribution >= 4 is 5.96 Å². The van der Waals surface area contributed by atoms with Gasteiger partial charge in [-0.15, -0.1) is 0 Å². The fourth-order valence-electron chi connectivity index (χ4n) is 3.69. The van der Waals surface area contributed by atoms with Gasteiger partial charge in [0.2, 0.25) is 0 Å². The number of rotatable bonds is 7. The van der Waals surface area contributed by atoms with E-state index < -0.39 is 0 Å². The van der Waals surface area contributed by atoms with Crippen molar-refractivity contribution in [3.05, 3.63) is 18.0 Å². The topological polar surface area (TPSA) is 48.7 Å². The van der Waals surface area contributed by atoms with Crippen LogP contribution in [0.3, 0.4) is 0 Å². The Labute approximate surface area is 153 Å². The van der Waals surface area contributed by atoms with Gasteiger partial charge in [-0.05, 0) is 46.6 Å². The smallest absolute Gasteiger partial charge is 0.193 e. The predicted octanol–water partition coefficient (Wildman–Crippen LogP) is 2.29. The standard InChI is InChI=1S/C19H36N6/c1-7-20-19(21-9-11-25(15(2)3)16(4)5)24-10-8-17(14-24)18-12-22-23(6)13-18/h12-13,15-17H,7-11,14H2,1-6H3,(H,20,21). The molecule has 1 atom stereocenters. The fourth-order valence-corrected chi connectivity index (χ4v) is 3.69. The number of aryl methyl sites for hydroxylation is 1. The molecule has 6 heteroatoms. The predicted molar refractivity (Wildman–Crippen MR) is 105 cm³/mol. The molecule has 1 aliphatic heterocycles. The van der Waals surface area contributed by atoms with Gasteiger partial charge in [-0.1, -0.05) is 0 Å². The molecule has 2 rings (SSSR count). The lowest BCUT2D eigenvalue weighted by Gasteiger charge is -2.30. The van der Waals surface area contributed by atoms with E-state index in [-0.39, 0.29) is 0 Å². The molecule has 1 fully saturated rings. The minimum atomic E-state index is 0.555. The SMILES string of the molecule is CCNC(=NCCN(C(C)C)C(C)C)N1CCC(c2cnn(C)c2)C1. The van der Waals surface area contributed by atoms with E-state index in [1.807, 2.05) is 17.9 Å². The van der Waals surface area contributed by atoms with Crippen LogP contribution in [0.25, 0.3) is 0 Å². The molecule has 1 aromatic heterocycles. The highest BCUT2D eigenvalue weighted by atomic mass is 15.3. The normalized spacial score (nSPS) is 18.8. The first-order chi connectivity index (χ1) is 11.9. The number of nitrogens with one attached hydrogen (secondary N) is 1. The number of hydrogen-bond acceptors (Lipinski definition) is 3. The third kappa shape index (κ3) is 5.46. The van der Waals surface area contributed by atoms with Gasteiger partial charge >= 0.3 is 0 Å². The molecular weight excluding hydrogens is 312 g/mol. The molecule has 0 spiro atoms. The Kier molecular flexibility index (Phi) is 7.29. The van der Waals surface area contributed by atoms with E-state index >= 15 is 0 Å². The van der Waals surface area contributed by atoms with Crippen LogP contribution in [0.5, 0.6) is 0 Å². The average molecular weight is 349 g/mol. The van der Waals surface area contributed by atoms with Crippen molar-refractivity contribution in [3.8, 4) is 0 Å². The summed E-state index contributed by atoms with van der Waals surface area (Å²) in [7, 11) is 1.98. The molecule has 2 heterocycles. The molecule has 1 aliphatic rings. The van der Waals surface area contributed by atoms with Crippen LogP contribution in [0, 0.1) is 0 Å². The molecule has 1 saturated heterocycles. The highest BCUT2D eigenvalue weighted by Gasteiger charge is 2.27. The van der Waals surface area contributed by atoms with Gasteiger partial charge < -0.3 is 10.2 Å². The summed E-state index contributed by atoms with van der Waals surface area (Å²) in [6.07, 6.45) is 5.31. The number of nitrogens with zero attached hydrogens (tertiary/aromatic N) is 5. The molecule has 0 aliphatic carbocycles. The minimum Gasteiger partial charge on any atom is -0.357 e. The van der Waals surface area contributed by atoms with E-state index in [1.54, 1.807) is 0 Å². The van der Waals surface area contributed by atoms with Crippen molar-refractivity contribution in [3.63, 3.8) is 0 Å². The summed E-state index contributed by atoms with van der Waals surface area (Å²) in [5.41, 5.74) is 1.34. The maximum Gasteiger partial charge on any atom is 0.193 e. The van der Waals surface area contributed by atoms with E-state index in [0.717, 1.165) is 38.7 Å². The van der Waals surface area contributed by atoms with E-state index in [0.29, 0.717) is 18.0 Å². The highest BCUT2D eigenvalue weighted by Crippen LogP contribution is 2.26. The third-order valence-corrected chi connectivity index (χ3v) is 4.97. The first-order valence-corrected chi connectivity index (χ1v) is 9.69. The molecule has 1 unspecified atom stereocenters. The summed E-state index contributed by atoms with van der Waals surface area (Å²) < 4.78 is 1.89. The van der Waals surface area contributed by atoms with Gasteiger partial charge in [0.05, 0.1) is 12.7 Å². The quantitative estimate of drug-likeness (QED) is 0.607. The zero-order chi connectivity index (χ0) is 18.4. The largest absolute Gasteiger partial charge is 0.357 e. The van der Waals surface area contributed by atoms with Crippen LogP contribution in [0.4, 0.5) is 0 Å². The minimum absolute atomic E-state index is 0.555. The summed E-state index contributed by atoms with van der Waals surface area (Å²) in [5, 5.41) is 7.79. The van der Waals surface area contributed by atoms with Gasteiger partial charge in [0.25, 0.3) is 0 Å². The van der Waals surface area contributed by atoms with Crippen molar-refractivity contribution in [1.29, 1.82) is 0 Å². The van der Waals surface area contributed by atoms with Crippen molar-refractivity contribution in [1.82, 2.24) is 24.9 Å². The Morgan fingerprint density at radius 3 is 2.64 bits per heavy atom. The number of guanidine groups is 1. The lowest BCUT2D eigenvalue weighted by molar-refractivity contribution is 0.180. The van der Waals surface area contributed by atoms with Crippen LogP contribution in [-0.4, -0.2) is 70.3 Å². The third-order valence-electron chi connectivity index (χ3n) is 4.97. The Bertz CT molecular complexity index is 540. The molecule has 0 amide bonds. The van der Waals surface area contributed by atoms with Crippen molar-refractivity contribution in [2.45, 2.75) is 59.0 Å². The number of aromatic nitrogens is 2. The second-order valence-electron chi connectivity index (χ2n) is 7.54. The molecule has 142 valence electrons. The summed E-state index contributed by atoms with van der Waals surface area (Å²) in [6, 6.07) is 1.11. The molecule has 1 aromatic rings. The molecule has 6 nitrogen and oxygen atoms in total. The lowest BCUT2D eigenvalue weighted by Crippen LogP contribution is -2.42. The van der Waals surface area contributed by atoms with Gasteiger partial charge in [-0.25, -0.2) is 0 Å². The Balaban J connectivity index is 1.95. The maximum atomic E-state index is 4.90. The monoisotopic (exact) mass is 348 g/mol. The van der Waals surface area contributed by atoms with E-state index in [9.17, 15) is 0 Å². The molecule has 25 heavy (non-hydrogen) atoms. The van der Waals surface area contributed by atoms with Crippen molar-refractivity contribution < 1.29 is 0 Å². The van der Waals surface area contributed by atoms with Gasteiger partial charge in [0.1, 0.15) is 0 Å². The van der Waals surface area contributed by atoms with E-state index in [4.69, 9.17) is 4.99 Å². The number of likely N-dealkylation sites (tertiary alicyclic amines) is 1. The highest BCUT2D eigenvalue weighted by molar-refractivity contribution is 5.80. The number of hydrogen-bond donors (Lipinski definition) is 1. The summed E-state index contributed by atoms with van der Waals surface area (Å²) >= 11 is 0. The second-order valence-corrected chi connectivity index (χ2v) is 7.54. The summed E-state index contributed by atoms with van der Waals surface area (Å²) in [4.78, 5) is 9.80. The first-order valence-electron chi connectivity index (χ1n) is 9.69. The molecule has 0 radical (unpaired) electrons. The Hall–Kier alpha value is -1.56. The van der Waals surface area contributed by atoms with Crippen molar-refractivity contribution in [2.24, 2.45) is 12.0 Å². The summed E-state index contributed by atoms with van der Waals surface area (Å²) in [5.74, 6) is 1.61. The average Bonchev–Trinajstić information content (AvgIpc) is 3.18. The molecule has 0 aromatic carbocycles. The zero-order valence-corrected chi connectivity index (χ0v) is 16.9. The molecule has 0 saturated carbocycles. The van der Waals surface area contributed by atoms with Gasteiger partial charge in [-0.2, -0.15) is 5.10 Å². The van der Waals surface area contributed by atoms with Gasteiger partial charge in [0, 0.05) is 57.4 Å². The van der Waals surface area contributed by atoms with Crippen LogP contribution >= 0.6 is 0 Å². The molecular formula is C19H36N6. The molecule has 1 N–H and O–H groups in total.